The molecule has 19 heavy (non-hydrogen) atoms. The third-order valence-corrected chi connectivity index (χ3v) is 2.83. The van der Waals surface area contributed by atoms with Crippen molar-refractivity contribution < 1.29 is 9.72 Å². The number of nitrogens with one attached hydrogen (secondary N) is 2. The molecule has 0 bridgehead atoms. The van der Waals surface area contributed by atoms with Gasteiger partial charge in [0, 0.05) is 17.8 Å². The molecule has 1 fully saturated rings. The molecule has 1 aromatic rings. The smallest absolute Gasteiger partial charge is 0.320 e. The molecule has 1 saturated carbocycles. The number of nitrogens with zero attached hydrogens (tertiary/aromatic N) is 2. The standard InChI is InChI=1S/C12H12N4O3/c13-7-11(8-4-5-8)15-12(17)14-9-2-1-3-10(6-9)16(18)19/h1-3,6,8,11H,4-5H2,(H2,14,15,17). The fourth-order valence-electron chi connectivity index (χ4n) is 1.69. The summed E-state index contributed by atoms with van der Waals surface area (Å²) in [5.41, 5.74) is 0.219. The largest absolute Gasteiger partial charge is 0.322 e. The minimum atomic E-state index is -0.536. The highest BCUT2D eigenvalue weighted by Gasteiger charge is 2.32. The molecule has 1 atom stereocenters. The van der Waals surface area contributed by atoms with Crippen molar-refractivity contribution in [3.63, 3.8) is 0 Å². The fraction of sp³-hybridized carbons (Fsp3) is 0.333. The summed E-state index contributed by atoms with van der Waals surface area (Å²) in [6, 6.07) is 6.63. The number of hydrogen-bond acceptors (Lipinski definition) is 4. The number of anilines is 1. The zero-order chi connectivity index (χ0) is 13.8. The van der Waals surface area contributed by atoms with Crippen molar-refractivity contribution in [2.24, 2.45) is 5.92 Å². The Kier molecular flexibility index (Phi) is 3.61. The summed E-state index contributed by atoms with van der Waals surface area (Å²) < 4.78 is 0. The second-order valence-corrected chi connectivity index (χ2v) is 4.35. The molecule has 2 amide bonds. The van der Waals surface area contributed by atoms with E-state index in [9.17, 15) is 14.9 Å². The fourth-order valence-corrected chi connectivity index (χ4v) is 1.69. The number of nitro benzene ring substituents is 1. The van der Waals surface area contributed by atoms with Crippen LogP contribution in [-0.4, -0.2) is 17.0 Å². The van der Waals surface area contributed by atoms with Gasteiger partial charge in [0.15, 0.2) is 0 Å². The molecule has 7 nitrogen and oxygen atoms in total. The van der Waals surface area contributed by atoms with Crippen molar-refractivity contribution in [1.82, 2.24) is 5.32 Å². The van der Waals surface area contributed by atoms with E-state index in [2.05, 4.69) is 10.6 Å². The second kappa shape index (κ2) is 5.35. The van der Waals surface area contributed by atoms with Crippen molar-refractivity contribution in [3.8, 4) is 6.07 Å². The number of carbonyl (C=O) groups is 1. The van der Waals surface area contributed by atoms with E-state index in [0.29, 0.717) is 5.69 Å². The lowest BCUT2D eigenvalue weighted by atomic mass is 10.2. The van der Waals surface area contributed by atoms with Crippen molar-refractivity contribution >= 4 is 17.4 Å². The van der Waals surface area contributed by atoms with Crippen LogP contribution in [0.15, 0.2) is 24.3 Å². The van der Waals surface area contributed by atoms with Gasteiger partial charge in [-0.3, -0.25) is 10.1 Å². The van der Waals surface area contributed by atoms with Gasteiger partial charge in [-0.2, -0.15) is 5.26 Å². The SMILES string of the molecule is N#CC(NC(=O)Nc1cccc([N+](=O)[O-])c1)C1CC1. The quantitative estimate of drug-likeness (QED) is 0.637. The first-order valence-electron chi connectivity index (χ1n) is 5.82. The van der Waals surface area contributed by atoms with E-state index in [-0.39, 0.29) is 11.6 Å². The summed E-state index contributed by atoms with van der Waals surface area (Å²) in [4.78, 5) is 21.7. The Balaban J connectivity index is 1.96. The van der Waals surface area contributed by atoms with Crippen molar-refractivity contribution in [1.29, 1.82) is 5.26 Å². The zero-order valence-corrected chi connectivity index (χ0v) is 10.00. The first-order valence-corrected chi connectivity index (χ1v) is 5.82. The number of carbonyl (C=O) groups excluding carboxylic acids is 1. The summed E-state index contributed by atoms with van der Waals surface area (Å²) in [7, 11) is 0. The van der Waals surface area contributed by atoms with Crippen LogP contribution in [0.1, 0.15) is 12.8 Å². The summed E-state index contributed by atoms with van der Waals surface area (Å²) in [5.74, 6) is 0.223. The number of benzene rings is 1. The Bertz CT molecular complexity index is 548. The van der Waals surface area contributed by atoms with E-state index in [1.165, 1.54) is 18.2 Å². The van der Waals surface area contributed by atoms with Crippen molar-refractivity contribution in [2.75, 3.05) is 5.32 Å². The lowest BCUT2D eigenvalue weighted by molar-refractivity contribution is -0.384. The van der Waals surface area contributed by atoms with E-state index < -0.39 is 17.0 Å². The van der Waals surface area contributed by atoms with Gasteiger partial charge in [0.25, 0.3) is 5.69 Å². The van der Waals surface area contributed by atoms with Gasteiger partial charge in [0.1, 0.15) is 6.04 Å². The number of urea groups is 1. The highest BCUT2D eigenvalue weighted by molar-refractivity contribution is 5.90. The summed E-state index contributed by atoms with van der Waals surface area (Å²) in [6.45, 7) is 0. The molecule has 0 aliphatic heterocycles. The number of non-ortho nitro benzene ring substituents is 1. The van der Waals surface area contributed by atoms with Gasteiger partial charge >= 0.3 is 6.03 Å². The molecule has 98 valence electrons. The van der Waals surface area contributed by atoms with Crippen LogP contribution in [0.5, 0.6) is 0 Å². The van der Waals surface area contributed by atoms with Crippen LogP contribution in [0.2, 0.25) is 0 Å². The molecule has 0 heterocycles. The molecule has 0 saturated heterocycles. The average Bonchev–Trinajstić information content (AvgIpc) is 3.20. The average molecular weight is 260 g/mol. The lowest BCUT2D eigenvalue weighted by Gasteiger charge is -2.11. The molecule has 1 unspecified atom stereocenters. The maximum atomic E-state index is 11.7. The van der Waals surface area contributed by atoms with Crippen LogP contribution < -0.4 is 10.6 Å². The van der Waals surface area contributed by atoms with Crippen LogP contribution in [0.25, 0.3) is 0 Å². The van der Waals surface area contributed by atoms with Crippen LogP contribution in [0, 0.1) is 27.4 Å². The summed E-state index contributed by atoms with van der Waals surface area (Å²) >= 11 is 0. The molecule has 0 aromatic heterocycles. The molecule has 7 heteroatoms. The number of nitriles is 1. The Hall–Kier alpha value is -2.62. The van der Waals surface area contributed by atoms with Gasteiger partial charge in [-0.15, -0.1) is 0 Å². The molecular weight excluding hydrogens is 248 g/mol. The molecule has 1 aromatic carbocycles. The highest BCUT2D eigenvalue weighted by atomic mass is 16.6. The number of rotatable bonds is 4. The van der Waals surface area contributed by atoms with E-state index in [0.717, 1.165) is 12.8 Å². The summed E-state index contributed by atoms with van der Waals surface area (Å²) in [6.07, 6.45) is 1.88. The third kappa shape index (κ3) is 3.42. The minimum Gasteiger partial charge on any atom is -0.322 e. The van der Waals surface area contributed by atoms with E-state index in [4.69, 9.17) is 5.26 Å². The normalized spacial score (nSPS) is 15.1. The Labute approximate surface area is 109 Å². The second-order valence-electron chi connectivity index (χ2n) is 4.35. The van der Waals surface area contributed by atoms with Gasteiger partial charge in [-0.1, -0.05) is 6.07 Å². The first kappa shape index (κ1) is 12.8. The maximum absolute atomic E-state index is 11.7. The predicted molar refractivity (Wildman–Crippen MR) is 67.4 cm³/mol. The van der Waals surface area contributed by atoms with Crippen LogP contribution in [-0.2, 0) is 0 Å². The van der Waals surface area contributed by atoms with Gasteiger partial charge in [-0.05, 0) is 24.8 Å². The van der Waals surface area contributed by atoms with Gasteiger partial charge in [-0.25, -0.2) is 4.79 Å². The topological polar surface area (TPSA) is 108 Å². The highest BCUT2D eigenvalue weighted by Crippen LogP contribution is 2.32. The van der Waals surface area contributed by atoms with Gasteiger partial charge in [0.05, 0.1) is 11.0 Å². The number of hydrogen-bond donors (Lipinski definition) is 2. The molecule has 1 aliphatic carbocycles. The van der Waals surface area contributed by atoms with Gasteiger partial charge in [0.2, 0.25) is 0 Å². The zero-order valence-electron chi connectivity index (χ0n) is 10.00. The van der Waals surface area contributed by atoms with Crippen LogP contribution in [0.3, 0.4) is 0 Å². The van der Waals surface area contributed by atoms with E-state index in [1.807, 2.05) is 6.07 Å². The molecule has 0 radical (unpaired) electrons. The van der Waals surface area contributed by atoms with Crippen molar-refractivity contribution in [2.45, 2.75) is 18.9 Å². The monoisotopic (exact) mass is 260 g/mol. The van der Waals surface area contributed by atoms with E-state index in [1.54, 1.807) is 6.07 Å². The van der Waals surface area contributed by atoms with Gasteiger partial charge < -0.3 is 10.6 Å². The van der Waals surface area contributed by atoms with Crippen LogP contribution in [0.4, 0.5) is 16.2 Å². The molecule has 1 aliphatic rings. The molecule has 2 N–H and O–H groups in total. The number of amides is 2. The Morgan fingerprint density at radius 3 is 2.84 bits per heavy atom. The minimum absolute atomic E-state index is 0.100. The molecule has 2 rings (SSSR count). The lowest BCUT2D eigenvalue weighted by Crippen LogP contribution is -2.38. The van der Waals surface area contributed by atoms with Crippen molar-refractivity contribution in [3.05, 3.63) is 34.4 Å². The number of nitro groups is 1. The maximum Gasteiger partial charge on any atom is 0.320 e. The first-order chi connectivity index (χ1) is 9.10. The molecular formula is C12H12N4O3. The third-order valence-electron chi connectivity index (χ3n) is 2.83. The summed E-state index contributed by atoms with van der Waals surface area (Å²) in [5, 5.41) is 24.5. The Morgan fingerprint density at radius 1 is 1.53 bits per heavy atom. The molecule has 0 spiro atoms. The predicted octanol–water partition coefficient (Wildman–Crippen LogP) is 2.02. The van der Waals surface area contributed by atoms with E-state index >= 15 is 0 Å². The van der Waals surface area contributed by atoms with Crippen LogP contribution >= 0.6 is 0 Å². The Morgan fingerprint density at radius 2 is 2.26 bits per heavy atom.